The van der Waals surface area contributed by atoms with Gasteiger partial charge in [-0.1, -0.05) is 13.8 Å². The molecule has 3 fully saturated rings. The van der Waals surface area contributed by atoms with Crippen LogP contribution in [0.4, 0.5) is 14.9 Å². The number of nitrogens with zero attached hydrogens (tertiary/aromatic N) is 3. The van der Waals surface area contributed by atoms with Gasteiger partial charge < -0.3 is 20.0 Å². The van der Waals surface area contributed by atoms with E-state index in [0.29, 0.717) is 30.6 Å². The molecule has 3 saturated heterocycles. The van der Waals surface area contributed by atoms with Crippen LogP contribution >= 0.6 is 0 Å². The fraction of sp³-hybridized carbons (Fsp3) is 0.667. The highest BCUT2D eigenvalue weighted by Gasteiger charge is 2.64. The summed E-state index contributed by atoms with van der Waals surface area (Å²) in [5.74, 6) is 0.566. The first-order valence-electron chi connectivity index (χ1n) is 11.6. The monoisotopic (exact) mass is 430 g/mol. The summed E-state index contributed by atoms with van der Waals surface area (Å²) in [6.07, 6.45) is 2.62. The van der Waals surface area contributed by atoms with Crippen LogP contribution in [0, 0.1) is 22.6 Å². The van der Waals surface area contributed by atoms with E-state index in [4.69, 9.17) is 0 Å². The molecule has 4 rings (SSSR count). The smallest absolute Gasteiger partial charge is 0.321 e. The molecule has 3 aliphatic heterocycles. The molecule has 31 heavy (non-hydrogen) atoms. The molecular weight excluding hydrogens is 395 g/mol. The molecule has 0 saturated carbocycles. The van der Waals surface area contributed by atoms with Crippen LogP contribution in [0.1, 0.15) is 40.0 Å². The van der Waals surface area contributed by atoms with Crippen molar-refractivity contribution in [1.29, 1.82) is 0 Å². The summed E-state index contributed by atoms with van der Waals surface area (Å²) < 4.78 is 13.1. The number of rotatable bonds is 4. The number of nitrogens with one attached hydrogen (secondary N) is 1. The predicted molar refractivity (Wildman–Crippen MR) is 119 cm³/mol. The number of amides is 3. The van der Waals surface area contributed by atoms with Gasteiger partial charge in [0.05, 0.1) is 5.41 Å². The largest absolute Gasteiger partial charge is 0.342 e. The molecule has 1 aromatic rings. The Morgan fingerprint density at radius 2 is 1.77 bits per heavy atom. The van der Waals surface area contributed by atoms with Gasteiger partial charge in [-0.2, -0.15) is 0 Å². The van der Waals surface area contributed by atoms with Crippen LogP contribution in [-0.2, 0) is 4.79 Å². The average Bonchev–Trinajstić information content (AvgIpc) is 3.21. The van der Waals surface area contributed by atoms with Crippen molar-refractivity contribution in [2.24, 2.45) is 16.7 Å². The van der Waals surface area contributed by atoms with Crippen LogP contribution in [0.25, 0.3) is 0 Å². The van der Waals surface area contributed by atoms with E-state index in [2.05, 4.69) is 31.0 Å². The highest BCUT2D eigenvalue weighted by molar-refractivity contribution is 5.89. The predicted octanol–water partition coefficient (Wildman–Crippen LogP) is 3.65. The minimum atomic E-state index is -0.322. The van der Waals surface area contributed by atoms with E-state index in [1.807, 2.05) is 9.80 Å². The van der Waals surface area contributed by atoms with Crippen molar-refractivity contribution < 1.29 is 14.0 Å². The van der Waals surface area contributed by atoms with Gasteiger partial charge in [0, 0.05) is 56.9 Å². The molecule has 3 heterocycles. The van der Waals surface area contributed by atoms with Crippen molar-refractivity contribution in [3.05, 3.63) is 30.1 Å². The molecule has 170 valence electrons. The molecule has 3 aliphatic rings. The fourth-order valence-corrected chi connectivity index (χ4v) is 6.12. The number of benzene rings is 1. The van der Waals surface area contributed by atoms with Gasteiger partial charge in [-0.15, -0.1) is 0 Å². The molecule has 1 aromatic carbocycles. The van der Waals surface area contributed by atoms with Crippen molar-refractivity contribution in [2.75, 3.05) is 51.1 Å². The number of piperidine rings is 1. The van der Waals surface area contributed by atoms with Gasteiger partial charge in [-0.25, -0.2) is 9.18 Å². The lowest BCUT2D eigenvalue weighted by atomic mass is 9.60. The number of hydrogen-bond donors (Lipinski definition) is 1. The van der Waals surface area contributed by atoms with Gasteiger partial charge in [0.1, 0.15) is 5.82 Å². The summed E-state index contributed by atoms with van der Waals surface area (Å²) in [5.41, 5.74) is 0.226. The maximum atomic E-state index is 13.5. The number of halogens is 1. The molecule has 2 spiro atoms. The van der Waals surface area contributed by atoms with E-state index < -0.39 is 0 Å². The Hall–Kier alpha value is -2.15. The van der Waals surface area contributed by atoms with Crippen LogP contribution < -0.4 is 5.32 Å². The third-order valence-corrected chi connectivity index (χ3v) is 7.65. The van der Waals surface area contributed by atoms with Crippen LogP contribution in [0.2, 0.25) is 0 Å². The third-order valence-electron chi connectivity index (χ3n) is 7.65. The number of carbonyl (C=O) groups is 2. The number of likely N-dealkylation sites (tertiary alicyclic amines) is 3. The van der Waals surface area contributed by atoms with E-state index in [1.165, 1.54) is 12.1 Å². The lowest BCUT2D eigenvalue weighted by Gasteiger charge is -2.47. The van der Waals surface area contributed by atoms with Crippen molar-refractivity contribution in [2.45, 2.75) is 40.0 Å². The number of hydrogen-bond acceptors (Lipinski definition) is 3. The van der Waals surface area contributed by atoms with Gasteiger partial charge >= 0.3 is 6.03 Å². The zero-order valence-electron chi connectivity index (χ0n) is 19.0. The maximum Gasteiger partial charge on any atom is 0.321 e. The number of carbonyl (C=O) groups excluding carboxylic acids is 2. The molecule has 0 aromatic heterocycles. The average molecular weight is 431 g/mol. The lowest BCUT2D eigenvalue weighted by Crippen LogP contribution is -2.54. The highest BCUT2D eigenvalue weighted by Crippen LogP contribution is 2.57. The first-order valence-corrected chi connectivity index (χ1v) is 11.6. The lowest BCUT2D eigenvalue weighted by molar-refractivity contribution is -0.141. The number of urea groups is 1. The quantitative estimate of drug-likeness (QED) is 0.793. The minimum Gasteiger partial charge on any atom is -0.342 e. The minimum absolute atomic E-state index is 0.0600. The molecule has 6 nitrogen and oxygen atoms in total. The van der Waals surface area contributed by atoms with Crippen LogP contribution in [0.15, 0.2) is 24.3 Å². The van der Waals surface area contributed by atoms with Crippen molar-refractivity contribution in [1.82, 2.24) is 14.7 Å². The molecule has 0 bridgehead atoms. The summed E-state index contributed by atoms with van der Waals surface area (Å²) in [6, 6.07) is 5.69. The van der Waals surface area contributed by atoms with Crippen LogP contribution in [0.3, 0.4) is 0 Å². The summed E-state index contributed by atoms with van der Waals surface area (Å²) >= 11 is 0. The third kappa shape index (κ3) is 3.93. The normalized spacial score (nSPS) is 25.9. The summed E-state index contributed by atoms with van der Waals surface area (Å²) in [7, 11) is 0. The van der Waals surface area contributed by atoms with E-state index in [0.717, 1.165) is 52.0 Å². The Bertz CT molecular complexity index is 819. The van der Waals surface area contributed by atoms with E-state index in [-0.39, 0.29) is 22.7 Å². The number of fused-ring (bicyclic) bond motifs is 1. The molecule has 0 aliphatic carbocycles. The maximum absolute atomic E-state index is 13.5. The standard InChI is InChI=1S/C24H35FN4O2/c1-4-28-14-11-24(21(28)30)17-27(15-18(2)3)16-23(24)9-12-29(13-10-23)22(31)26-20-7-5-19(25)6-8-20/h5-8,18H,4,9-17H2,1-3H3,(H,26,31)/t24-/m0/s1. The first-order chi connectivity index (χ1) is 14.8. The van der Waals surface area contributed by atoms with E-state index in [9.17, 15) is 14.0 Å². The second-order valence-electron chi connectivity index (χ2n) is 9.98. The Balaban J connectivity index is 1.48. The Morgan fingerprint density at radius 3 is 2.35 bits per heavy atom. The van der Waals surface area contributed by atoms with Gasteiger partial charge in [0.2, 0.25) is 5.91 Å². The van der Waals surface area contributed by atoms with E-state index in [1.54, 1.807) is 12.1 Å². The number of anilines is 1. The van der Waals surface area contributed by atoms with Gasteiger partial charge in [0.25, 0.3) is 0 Å². The highest BCUT2D eigenvalue weighted by atomic mass is 19.1. The summed E-state index contributed by atoms with van der Waals surface area (Å²) in [4.78, 5) is 32.7. The van der Waals surface area contributed by atoms with E-state index >= 15 is 0 Å². The van der Waals surface area contributed by atoms with Crippen molar-refractivity contribution >= 4 is 17.6 Å². The zero-order chi connectivity index (χ0) is 22.2. The fourth-order valence-electron chi connectivity index (χ4n) is 6.12. The Labute approximate surface area is 184 Å². The molecule has 7 heteroatoms. The van der Waals surface area contributed by atoms with Gasteiger partial charge in [0.15, 0.2) is 0 Å². The molecular formula is C24H35FN4O2. The second-order valence-corrected chi connectivity index (χ2v) is 9.98. The molecule has 0 radical (unpaired) electrons. The summed E-state index contributed by atoms with van der Waals surface area (Å²) in [5, 5.41) is 2.87. The second kappa shape index (κ2) is 8.41. The Morgan fingerprint density at radius 1 is 1.10 bits per heavy atom. The Kier molecular flexibility index (Phi) is 5.99. The molecule has 1 N–H and O–H groups in total. The SMILES string of the molecule is CCN1CC[C@]2(CN(CC(C)C)CC23CCN(C(=O)Nc2ccc(F)cc2)CC3)C1=O. The van der Waals surface area contributed by atoms with Gasteiger partial charge in [-0.05, 0) is 56.4 Å². The van der Waals surface area contributed by atoms with Crippen LogP contribution in [-0.4, -0.2) is 72.5 Å². The summed E-state index contributed by atoms with van der Waals surface area (Å²) in [6.45, 7) is 12.2. The topological polar surface area (TPSA) is 55.9 Å². The van der Waals surface area contributed by atoms with Gasteiger partial charge in [-0.3, -0.25) is 4.79 Å². The zero-order valence-corrected chi connectivity index (χ0v) is 19.0. The first kappa shape index (κ1) is 22.1. The molecule has 3 amide bonds. The van der Waals surface area contributed by atoms with Crippen LogP contribution in [0.5, 0.6) is 0 Å². The van der Waals surface area contributed by atoms with Crippen molar-refractivity contribution in [3.63, 3.8) is 0 Å². The molecule has 0 unspecified atom stereocenters. The van der Waals surface area contributed by atoms with Crippen molar-refractivity contribution in [3.8, 4) is 0 Å². The molecule has 1 atom stereocenters.